The first-order valence-electron chi connectivity index (χ1n) is 8.30. The van der Waals surface area contributed by atoms with Crippen molar-refractivity contribution in [3.05, 3.63) is 40.9 Å². The number of rotatable bonds is 4. The number of benzene rings is 1. The van der Waals surface area contributed by atoms with Crippen LogP contribution in [-0.4, -0.2) is 39.0 Å². The van der Waals surface area contributed by atoms with Gasteiger partial charge in [-0.15, -0.1) is 10.2 Å². The first-order chi connectivity index (χ1) is 11.8. The molecular weight excluding hydrogens is 336 g/mol. The lowest BCUT2D eigenvalue weighted by Gasteiger charge is -2.31. The Labute approximate surface area is 151 Å². The molecular formula is C18H22N4O2S. The fraction of sp³-hybridized carbons (Fsp3) is 0.444. The average Bonchev–Trinajstić information content (AvgIpc) is 3.14. The molecule has 3 rings (SSSR count). The SMILES string of the molecule is CC(C)(C)N1C[C@@H](C(=O)Nc2nnc(Cc3ccccc3)s2)CC1=O. The third-order valence-electron chi connectivity index (χ3n) is 4.20. The van der Waals surface area contributed by atoms with E-state index < -0.39 is 0 Å². The molecule has 1 aliphatic heterocycles. The third kappa shape index (κ3) is 4.22. The Morgan fingerprint density at radius 3 is 2.64 bits per heavy atom. The third-order valence-corrected chi connectivity index (χ3v) is 5.04. The number of amides is 2. The van der Waals surface area contributed by atoms with Crippen molar-refractivity contribution in [3.8, 4) is 0 Å². The summed E-state index contributed by atoms with van der Waals surface area (Å²) in [4.78, 5) is 26.3. The smallest absolute Gasteiger partial charge is 0.231 e. The molecule has 0 unspecified atom stereocenters. The standard InChI is InChI=1S/C18H22N4O2S/c1-18(2,3)22-11-13(10-15(22)23)16(24)19-17-21-20-14(25-17)9-12-7-5-4-6-8-12/h4-8,13H,9-11H2,1-3H3,(H,19,21,24)/t13-/m0/s1. The molecule has 0 aliphatic carbocycles. The molecule has 1 aromatic carbocycles. The molecule has 1 aliphatic rings. The van der Waals surface area contributed by atoms with E-state index in [-0.39, 0.29) is 29.7 Å². The number of hydrogen-bond acceptors (Lipinski definition) is 5. The summed E-state index contributed by atoms with van der Waals surface area (Å²) >= 11 is 1.37. The molecule has 2 amide bonds. The lowest BCUT2D eigenvalue weighted by molar-refractivity contribution is -0.131. The first-order valence-corrected chi connectivity index (χ1v) is 9.12. The summed E-state index contributed by atoms with van der Waals surface area (Å²) < 4.78 is 0. The van der Waals surface area contributed by atoms with E-state index in [1.165, 1.54) is 11.3 Å². The summed E-state index contributed by atoms with van der Waals surface area (Å²) in [5, 5.41) is 12.3. The maximum atomic E-state index is 12.4. The zero-order valence-electron chi connectivity index (χ0n) is 14.7. The number of likely N-dealkylation sites (tertiary alicyclic amines) is 1. The van der Waals surface area contributed by atoms with Crippen molar-refractivity contribution in [3.63, 3.8) is 0 Å². The molecule has 0 radical (unpaired) electrons. The Morgan fingerprint density at radius 2 is 2.00 bits per heavy atom. The van der Waals surface area contributed by atoms with Crippen LogP contribution in [-0.2, 0) is 16.0 Å². The Bertz CT molecular complexity index is 767. The topological polar surface area (TPSA) is 75.2 Å². The highest BCUT2D eigenvalue weighted by Crippen LogP contribution is 2.27. The fourth-order valence-corrected chi connectivity index (χ4v) is 3.66. The Hall–Kier alpha value is -2.28. The van der Waals surface area contributed by atoms with Crippen molar-refractivity contribution < 1.29 is 9.59 Å². The molecule has 2 heterocycles. The molecule has 1 atom stereocenters. The number of anilines is 1. The van der Waals surface area contributed by atoms with Crippen molar-refractivity contribution in [1.82, 2.24) is 15.1 Å². The Kier molecular flexibility index (Phi) is 4.85. The maximum Gasteiger partial charge on any atom is 0.231 e. The van der Waals surface area contributed by atoms with Gasteiger partial charge in [-0.1, -0.05) is 41.7 Å². The Morgan fingerprint density at radius 1 is 1.28 bits per heavy atom. The summed E-state index contributed by atoms with van der Waals surface area (Å²) in [5.41, 5.74) is 0.885. The van der Waals surface area contributed by atoms with Crippen LogP contribution in [0.4, 0.5) is 5.13 Å². The van der Waals surface area contributed by atoms with Crippen molar-refractivity contribution in [2.45, 2.75) is 39.2 Å². The van der Waals surface area contributed by atoms with Gasteiger partial charge in [-0.2, -0.15) is 0 Å². The molecule has 1 saturated heterocycles. The van der Waals surface area contributed by atoms with Gasteiger partial charge in [-0.3, -0.25) is 9.59 Å². The van der Waals surface area contributed by atoms with Gasteiger partial charge >= 0.3 is 0 Å². The second-order valence-corrected chi connectivity index (χ2v) is 8.29. The molecule has 0 spiro atoms. The predicted octanol–water partition coefficient (Wildman–Crippen LogP) is 2.71. The quantitative estimate of drug-likeness (QED) is 0.912. The molecule has 132 valence electrons. The van der Waals surface area contributed by atoms with Gasteiger partial charge in [0.05, 0.1) is 5.92 Å². The van der Waals surface area contributed by atoms with Crippen LogP contribution in [0.25, 0.3) is 0 Å². The molecule has 2 aromatic rings. The molecule has 25 heavy (non-hydrogen) atoms. The van der Waals surface area contributed by atoms with Crippen LogP contribution in [0.15, 0.2) is 30.3 Å². The second kappa shape index (κ2) is 6.92. The zero-order chi connectivity index (χ0) is 18.0. The summed E-state index contributed by atoms with van der Waals surface area (Å²) in [6.45, 7) is 6.38. The van der Waals surface area contributed by atoms with Gasteiger partial charge in [-0.05, 0) is 26.3 Å². The molecule has 6 nitrogen and oxygen atoms in total. The van der Waals surface area contributed by atoms with E-state index in [0.29, 0.717) is 18.1 Å². The highest BCUT2D eigenvalue weighted by molar-refractivity contribution is 7.15. The van der Waals surface area contributed by atoms with Crippen molar-refractivity contribution in [2.24, 2.45) is 5.92 Å². The van der Waals surface area contributed by atoms with Crippen molar-refractivity contribution in [2.75, 3.05) is 11.9 Å². The van der Waals surface area contributed by atoms with E-state index in [1.807, 2.05) is 51.1 Å². The monoisotopic (exact) mass is 358 g/mol. The predicted molar refractivity (Wildman–Crippen MR) is 97.4 cm³/mol. The van der Waals surface area contributed by atoms with Gasteiger partial charge in [0.2, 0.25) is 16.9 Å². The van der Waals surface area contributed by atoms with Crippen LogP contribution in [0.2, 0.25) is 0 Å². The largest absolute Gasteiger partial charge is 0.337 e. The van der Waals surface area contributed by atoms with E-state index in [4.69, 9.17) is 0 Å². The van der Waals surface area contributed by atoms with E-state index in [1.54, 1.807) is 4.90 Å². The number of aromatic nitrogens is 2. The molecule has 1 fully saturated rings. The van der Waals surface area contributed by atoms with Crippen molar-refractivity contribution >= 4 is 28.3 Å². The van der Waals surface area contributed by atoms with Crippen LogP contribution >= 0.6 is 11.3 Å². The number of nitrogens with one attached hydrogen (secondary N) is 1. The number of nitrogens with zero attached hydrogens (tertiary/aromatic N) is 3. The number of hydrogen-bond donors (Lipinski definition) is 1. The van der Waals surface area contributed by atoms with Gasteiger partial charge in [0.25, 0.3) is 0 Å². The molecule has 0 saturated carbocycles. The van der Waals surface area contributed by atoms with Crippen molar-refractivity contribution in [1.29, 1.82) is 0 Å². The van der Waals surface area contributed by atoms with Gasteiger partial charge in [-0.25, -0.2) is 0 Å². The number of carbonyl (C=O) groups is 2. The van der Waals surface area contributed by atoms with Gasteiger partial charge < -0.3 is 10.2 Å². The van der Waals surface area contributed by atoms with Crippen LogP contribution in [0.5, 0.6) is 0 Å². The minimum absolute atomic E-state index is 0.0229. The van der Waals surface area contributed by atoms with E-state index >= 15 is 0 Å². The maximum absolute atomic E-state index is 12.4. The lowest BCUT2D eigenvalue weighted by Crippen LogP contribution is -2.42. The fourth-order valence-electron chi connectivity index (χ4n) is 2.88. The first kappa shape index (κ1) is 17.5. The van der Waals surface area contributed by atoms with Gasteiger partial charge in [0, 0.05) is 24.9 Å². The summed E-state index contributed by atoms with van der Waals surface area (Å²) in [5.74, 6) is -0.481. The summed E-state index contributed by atoms with van der Waals surface area (Å²) in [6, 6.07) is 10.0. The molecule has 1 N–H and O–H groups in total. The zero-order valence-corrected chi connectivity index (χ0v) is 15.5. The van der Waals surface area contributed by atoms with E-state index in [0.717, 1.165) is 10.6 Å². The van der Waals surface area contributed by atoms with E-state index in [9.17, 15) is 9.59 Å². The normalized spacial score (nSPS) is 17.8. The van der Waals surface area contributed by atoms with Crippen LogP contribution in [0, 0.1) is 5.92 Å². The van der Waals surface area contributed by atoms with Crippen LogP contribution < -0.4 is 5.32 Å². The van der Waals surface area contributed by atoms with Gasteiger partial charge in [0.1, 0.15) is 5.01 Å². The lowest BCUT2D eigenvalue weighted by atomic mass is 10.1. The minimum Gasteiger partial charge on any atom is -0.337 e. The minimum atomic E-state index is -0.340. The molecule has 7 heteroatoms. The van der Waals surface area contributed by atoms with E-state index in [2.05, 4.69) is 15.5 Å². The summed E-state index contributed by atoms with van der Waals surface area (Å²) in [6.07, 6.45) is 0.937. The van der Waals surface area contributed by atoms with Crippen LogP contribution in [0.1, 0.15) is 37.8 Å². The highest BCUT2D eigenvalue weighted by Gasteiger charge is 2.39. The van der Waals surface area contributed by atoms with Crippen LogP contribution in [0.3, 0.4) is 0 Å². The summed E-state index contributed by atoms with van der Waals surface area (Å²) in [7, 11) is 0. The Balaban J connectivity index is 1.60. The second-order valence-electron chi connectivity index (χ2n) is 7.23. The molecule has 1 aromatic heterocycles. The van der Waals surface area contributed by atoms with Gasteiger partial charge in [0.15, 0.2) is 0 Å². The highest BCUT2D eigenvalue weighted by atomic mass is 32.1. The number of carbonyl (C=O) groups excluding carboxylic acids is 2. The molecule has 0 bridgehead atoms. The average molecular weight is 358 g/mol.